The minimum Gasteiger partial charge on any atom is -0.482 e. The normalized spacial score (nSPS) is 17.0. The number of hydrogen-bond acceptors (Lipinski definition) is 5. The van der Waals surface area contributed by atoms with Gasteiger partial charge in [-0.15, -0.1) is 0 Å². The van der Waals surface area contributed by atoms with Gasteiger partial charge in [-0.25, -0.2) is 4.79 Å². The maximum atomic E-state index is 12.2. The molecule has 1 aromatic carbocycles. The van der Waals surface area contributed by atoms with Crippen molar-refractivity contribution in [1.29, 1.82) is 0 Å². The Morgan fingerprint density at radius 2 is 2.10 bits per heavy atom. The fourth-order valence-corrected chi connectivity index (χ4v) is 2.03. The van der Waals surface area contributed by atoms with Gasteiger partial charge in [-0.05, 0) is 25.0 Å². The van der Waals surface area contributed by atoms with E-state index in [0.717, 1.165) is 0 Å². The number of carboxylic acid groups (broad SMARTS) is 1. The van der Waals surface area contributed by atoms with Gasteiger partial charge in [0.15, 0.2) is 6.61 Å². The van der Waals surface area contributed by atoms with Crippen LogP contribution in [0.5, 0.6) is 5.75 Å². The van der Waals surface area contributed by atoms with E-state index in [-0.39, 0.29) is 5.91 Å². The van der Waals surface area contributed by atoms with Crippen LogP contribution >= 0.6 is 0 Å². The highest BCUT2D eigenvalue weighted by Crippen LogP contribution is 2.22. The lowest BCUT2D eigenvalue weighted by Crippen LogP contribution is -2.54. The molecule has 0 aromatic heterocycles. The fraction of sp³-hybridized carbons (Fsp3) is 0.429. The third-order valence-electron chi connectivity index (χ3n) is 3.29. The van der Waals surface area contributed by atoms with E-state index >= 15 is 0 Å². The van der Waals surface area contributed by atoms with E-state index in [1.807, 2.05) is 0 Å². The molecule has 0 spiro atoms. The lowest BCUT2D eigenvalue weighted by atomic mass is 9.90. The SMILES string of the molecule is NC1(C(=O)Nc2cccc(OCC(=O)O)c2)CCOCC1. The maximum absolute atomic E-state index is 12.2. The van der Waals surface area contributed by atoms with Crippen LogP contribution in [0, 0.1) is 0 Å². The van der Waals surface area contributed by atoms with Crippen molar-refractivity contribution in [2.45, 2.75) is 18.4 Å². The second-order valence-electron chi connectivity index (χ2n) is 4.93. The van der Waals surface area contributed by atoms with Gasteiger partial charge in [-0.1, -0.05) is 6.07 Å². The van der Waals surface area contributed by atoms with Crippen molar-refractivity contribution in [2.24, 2.45) is 5.73 Å². The average Bonchev–Trinajstić information content (AvgIpc) is 2.46. The monoisotopic (exact) mass is 294 g/mol. The van der Waals surface area contributed by atoms with Crippen LogP contribution < -0.4 is 15.8 Å². The van der Waals surface area contributed by atoms with Crippen molar-refractivity contribution in [3.05, 3.63) is 24.3 Å². The highest BCUT2D eigenvalue weighted by molar-refractivity contribution is 5.98. The van der Waals surface area contributed by atoms with Crippen molar-refractivity contribution in [2.75, 3.05) is 25.1 Å². The van der Waals surface area contributed by atoms with E-state index < -0.39 is 18.1 Å². The minimum atomic E-state index is -1.06. The molecule has 0 bridgehead atoms. The van der Waals surface area contributed by atoms with Gasteiger partial charge in [0.2, 0.25) is 5.91 Å². The standard InChI is InChI=1S/C14H18N2O5/c15-14(4-6-20-7-5-14)13(19)16-10-2-1-3-11(8-10)21-9-12(17)18/h1-3,8H,4-7,9,15H2,(H,16,19)(H,17,18). The van der Waals surface area contributed by atoms with Gasteiger partial charge in [0.05, 0.1) is 0 Å². The molecule has 1 aliphatic rings. The minimum absolute atomic E-state index is 0.277. The molecular formula is C14H18N2O5. The zero-order valence-electron chi connectivity index (χ0n) is 11.5. The van der Waals surface area contributed by atoms with Crippen LogP contribution in [-0.4, -0.2) is 42.3 Å². The highest BCUT2D eigenvalue weighted by Gasteiger charge is 2.35. The van der Waals surface area contributed by atoms with Crippen LogP contribution in [0.25, 0.3) is 0 Å². The molecule has 0 atom stereocenters. The molecule has 1 aliphatic heterocycles. The van der Waals surface area contributed by atoms with E-state index in [4.69, 9.17) is 20.3 Å². The summed E-state index contributed by atoms with van der Waals surface area (Å²) < 4.78 is 10.3. The van der Waals surface area contributed by atoms with E-state index in [9.17, 15) is 9.59 Å². The maximum Gasteiger partial charge on any atom is 0.341 e. The van der Waals surface area contributed by atoms with E-state index in [1.165, 1.54) is 0 Å². The molecule has 21 heavy (non-hydrogen) atoms. The Balaban J connectivity index is 2.00. The number of anilines is 1. The highest BCUT2D eigenvalue weighted by atomic mass is 16.5. The van der Waals surface area contributed by atoms with Crippen LogP contribution in [0.1, 0.15) is 12.8 Å². The molecule has 7 heteroatoms. The molecule has 0 radical (unpaired) electrons. The molecule has 1 aromatic rings. The quantitative estimate of drug-likeness (QED) is 0.733. The third-order valence-corrected chi connectivity index (χ3v) is 3.29. The number of hydrogen-bond donors (Lipinski definition) is 3. The first-order chi connectivity index (χ1) is 9.99. The number of carboxylic acids is 1. The van der Waals surface area contributed by atoms with Gasteiger partial charge in [0.25, 0.3) is 0 Å². The van der Waals surface area contributed by atoms with Gasteiger partial charge < -0.3 is 25.6 Å². The summed E-state index contributed by atoms with van der Waals surface area (Å²) in [5.74, 6) is -0.970. The Bertz CT molecular complexity index is 526. The van der Waals surface area contributed by atoms with Crippen molar-refractivity contribution >= 4 is 17.6 Å². The van der Waals surface area contributed by atoms with E-state index in [2.05, 4.69) is 5.32 Å². The summed E-state index contributed by atoms with van der Waals surface area (Å²) in [6, 6.07) is 6.53. The second-order valence-corrected chi connectivity index (χ2v) is 4.93. The largest absolute Gasteiger partial charge is 0.482 e. The van der Waals surface area contributed by atoms with Crippen LogP contribution in [0.2, 0.25) is 0 Å². The molecule has 0 unspecified atom stereocenters. The molecule has 0 saturated carbocycles. The summed E-state index contributed by atoms with van der Waals surface area (Å²) in [7, 11) is 0. The van der Waals surface area contributed by atoms with Crippen LogP contribution in [-0.2, 0) is 14.3 Å². The summed E-state index contributed by atoms with van der Waals surface area (Å²) in [5.41, 5.74) is 5.66. The first-order valence-electron chi connectivity index (χ1n) is 6.62. The topological polar surface area (TPSA) is 111 Å². The van der Waals surface area contributed by atoms with Crippen molar-refractivity contribution in [3.63, 3.8) is 0 Å². The number of amides is 1. The Kier molecular flexibility index (Phi) is 4.77. The molecule has 4 N–H and O–H groups in total. The van der Waals surface area contributed by atoms with Crippen LogP contribution in [0.3, 0.4) is 0 Å². The summed E-state index contributed by atoms with van der Waals surface area (Å²) in [4.78, 5) is 22.7. The number of carbonyl (C=O) groups is 2. The first-order valence-corrected chi connectivity index (χ1v) is 6.62. The summed E-state index contributed by atoms with van der Waals surface area (Å²) in [6.45, 7) is 0.493. The fourth-order valence-electron chi connectivity index (χ4n) is 2.03. The summed E-state index contributed by atoms with van der Waals surface area (Å²) in [5, 5.41) is 11.3. The number of ether oxygens (including phenoxy) is 2. The molecule has 1 saturated heterocycles. The van der Waals surface area contributed by atoms with Crippen LogP contribution in [0.15, 0.2) is 24.3 Å². The zero-order chi connectivity index (χ0) is 15.3. The second kappa shape index (κ2) is 6.55. The van der Waals surface area contributed by atoms with Crippen molar-refractivity contribution in [1.82, 2.24) is 0 Å². The number of nitrogens with two attached hydrogens (primary N) is 1. The first kappa shape index (κ1) is 15.3. The molecule has 0 aliphatic carbocycles. The molecule has 7 nitrogen and oxygen atoms in total. The molecule has 2 rings (SSSR count). The van der Waals surface area contributed by atoms with Gasteiger partial charge in [0, 0.05) is 25.0 Å². The molecule has 1 heterocycles. The molecule has 114 valence electrons. The average molecular weight is 294 g/mol. The van der Waals surface area contributed by atoms with Gasteiger partial charge in [-0.3, -0.25) is 4.79 Å². The summed E-state index contributed by atoms with van der Waals surface area (Å²) in [6.07, 6.45) is 0.933. The van der Waals surface area contributed by atoms with Gasteiger partial charge >= 0.3 is 5.97 Å². The Morgan fingerprint density at radius 3 is 2.76 bits per heavy atom. The lowest BCUT2D eigenvalue weighted by molar-refractivity contribution is -0.139. The smallest absolute Gasteiger partial charge is 0.341 e. The number of rotatable bonds is 5. The van der Waals surface area contributed by atoms with Crippen molar-refractivity contribution in [3.8, 4) is 5.75 Å². The van der Waals surface area contributed by atoms with Gasteiger partial charge in [0.1, 0.15) is 11.3 Å². The number of carbonyl (C=O) groups excluding carboxylic acids is 1. The Labute approximate surface area is 122 Å². The summed E-state index contributed by atoms with van der Waals surface area (Å²) >= 11 is 0. The predicted octanol–water partition coefficient (Wildman–Crippen LogP) is 0.596. The van der Waals surface area contributed by atoms with E-state index in [0.29, 0.717) is 37.5 Å². The molecular weight excluding hydrogens is 276 g/mol. The van der Waals surface area contributed by atoms with E-state index in [1.54, 1.807) is 24.3 Å². The molecule has 1 fully saturated rings. The number of nitrogens with one attached hydrogen (secondary N) is 1. The zero-order valence-corrected chi connectivity index (χ0v) is 11.5. The third kappa shape index (κ3) is 4.17. The number of benzene rings is 1. The predicted molar refractivity (Wildman–Crippen MR) is 75.2 cm³/mol. The molecule has 1 amide bonds. The van der Waals surface area contributed by atoms with Crippen LogP contribution in [0.4, 0.5) is 5.69 Å². The Hall–Kier alpha value is -2.12. The van der Waals surface area contributed by atoms with Gasteiger partial charge in [-0.2, -0.15) is 0 Å². The lowest BCUT2D eigenvalue weighted by Gasteiger charge is -2.31. The number of aliphatic carboxylic acids is 1. The van der Waals surface area contributed by atoms with Crippen molar-refractivity contribution < 1.29 is 24.2 Å². The Morgan fingerprint density at radius 1 is 1.38 bits per heavy atom.